The number of nitrogens with one attached hydrogen (secondary N) is 3. The Hall–Kier alpha value is -3.02. The molecule has 0 saturated heterocycles. The molecule has 1 heterocycles. The van der Waals surface area contributed by atoms with Gasteiger partial charge in [-0.3, -0.25) is 4.79 Å². The molecule has 21 heavy (non-hydrogen) atoms. The van der Waals surface area contributed by atoms with Crippen molar-refractivity contribution in [2.24, 2.45) is 0 Å². The Morgan fingerprint density at radius 1 is 1.05 bits per heavy atom. The van der Waals surface area contributed by atoms with Gasteiger partial charge in [-0.1, -0.05) is 18.2 Å². The van der Waals surface area contributed by atoms with E-state index in [1.165, 1.54) is 0 Å². The number of carbonyl (C=O) groups excluding carboxylic acids is 2. The molecule has 1 aliphatic heterocycles. The molecular formula is C15H13N3O3. The van der Waals surface area contributed by atoms with Crippen molar-refractivity contribution >= 4 is 29.0 Å². The molecule has 106 valence electrons. The minimum absolute atomic E-state index is 0.00820. The molecule has 0 bridgehead atoms. The molecule has 3 amide bonds. The van der Waals surface area contributed by atoms with Crippen LogP contribution in [-0.2, 0) is 4.79 Å². The Bertz CT molecular complexity index is 686. The van der Waals surface area contributed by atoms with Crippen LogP contribution in [-0.4, -0.2) is 18.5 Å². The van der Waals surface area contributed by atoms with Gasteiger partial charge in [0.05, 0.1) is 5.69 Å². The van der Waals surface area contributed by atoms with Gasteiger partial charge in [-0.25, -0.2) is 4.79 Å². The number of hydrogen-bond acceptors (Lipinski definition) is 3. The number of carbonyl (C=O) groups is 2. The van der Waals surface area contributed by atoms with Crippen molar-refractivity contribution in [2.75, 3.05) is 22.6 Å². The first-order valence-corrected chi connectivity index (χ1v) is 6.40. The van der Waals surface area contributed by atoms with E-state index >= 15 is 0 Å². The zero-order valence-corrected chi connectivity index (χ0v) is 11.1. The zero-order valence-electron chi connectivity index (χ0n) is 11.1. The highest BCUT2D eigenvalue weighted by molar-refractivity contribution is 6.01. The second kappa shape index (κ2) is 5.54. The monoisotopic (exact) mass is 283 g/mol. The summed E-state index contributed by atoms with van der Waals surface area (Å²) in [7, 11) is 0. The summed E-state index contributed by atoms with van der Waals surface area (Å²) in [4.78, 5) is 23.1. The highest BCUT2D eigenvalue weighted by Gasteiger charge is 2.16. The maximum atomic E-state index is 11.9. The van der Waals surface area contributed by atoms with Crippen LogP contribution < -0.4 is 20.7 Å². The summed E-state index contributed by atoms with van der Waals surface area (Å²) in [5.74, 6) is 0.372. The molecule has 1 aliphatic rings. The van der Waals surface area contributed by atoms with Crippen molar-refractivity contribution in [3.8, 4) is 5.75 Å². The van der Waals surface area contributed by atoms with E-state index in [4.69, 9.17) is 4.74 Å². The van der Waals surface area contributed by atoms with Crippen LogP contribution >= 0.6 is 0 Å². The lowest BCUT2D eigenvalue weighted by Crippen LogP contribution is -2.25. The quantitative estimate of drug-likeness (QED) is 0.792. The molecule has 0 aliphatic carbocycles. The van der Waals surface area contributed by atoms with Gasteiger partial charge < -0.3 is 20.7 Å². The Labute approximate surface area is 121 Å². The SMILES string of the molecule is O=C1COc2ccc(NC(=O)Nc3ccccc3)cc2N1. The molecule has 0 atom stereocenters. The summed E-state index contributed by atoms with van der Waals surface area (Å²) in [5, 5.41) is 8.10. The standard InChI is InChI=1S/C15H13N3O3/c19-14-9-21-13-7-6-11(8-12(13)18-14)17-15(20)16-10-4-2-1-3-5-10/h1-8H,9H2,(H,18,19)(H2,16,17,20). The Kier molecular flexibility index (Phi) is 3.42. The van der Waals surface area contributed by atoms with Crippen molar-refractivity contribution in [3.63, 3.8) is 0 Å². The zero-order chi connectivity index (χ0) is 14.7. The van der Waals surface area contributed by atoms with Crippen molar-refractivity contribution in [3.05, 3.63) is 48.5 Å². The number of rotatable bonds is 2. The van der Waals surface area contributed by atoms with Crippen LogP contribution in [0.4, 0.5) is 21.9 Å². The van der Waals surface area contributed by atoms with E-state index in [9.17, 15) is 9.59 Å². The third-order valence-electron chi connectivity index (χ3n) is 2.90. The van der Waals surface area contributed by atoms with Gasteiger partial charge in [-0.15, -0.1) is 0 Å². The summed E-state index contributed by atoms with van der Waals surface area (Å²) in [6, 6.07) is 13.8. The molecule has 2 aromatic carbocycles. The largest absolute Gasteiger partial charge is 0.482 e. The minimum Gasteiger partial charge on any atom is -0.482 e. The van der Waals surface area contributed by atoms with E-state index < -0.39 is 0 Å². The number of ether oxygens (including phenoxy) is 1. The van der Waals surface area contributed by atoms with Crippen LogP contribution in [0.3, 0.4) is 0 Å². The van der Waals surface area contributed by atoms with E-state index in [-0.39, 0.29) is 18.5 Å². The highest BCUT2D eigenvalue weighted by atomic mass is 16.5. The second-order valence-electron chi connectivity index (χ2n) is 4.49. The molecule has 6 nitrogen and oxygen atoms in total. The van der Waals surface area contributed by atoms with Crippen LogP contribution in [0.1, 0.15) is 0 Å². The average Bonchev–Trinajstić information content (AvgIpc) is 2.47. The highest BCUT2D eigenvalue weighted by Crippen LogP contribution is 2.30. The van der Waals surface area contributed by atoms with Crippen LogP contribution in [0.5, 0.6) is 5.75 Å². The number of para-hydroxylation sites is 1. The Morgan fingerprint density at radius 2 is 1.81 bits per heavy atom. The molecule has 0 spiro atoms. The topological polar surface area (TPSA) is 79.5 Å². The van der Waals surface area contributed by atoms with Gasteiger partial charge in [-0.05, 0) is 30.3 Å². The van der Waals surface area contributed by atoms with E-state index in [0.717, 1.165) is 0 Å². The lowest BCUT2D eigenvalue weighted by atomic mass is 10.2. The number of hydrogen-bond donors (Lipinski definition) is 3. The molecule has 0 unspecified atom stereocenters. The van der Waals surface area contributed by atoms with Gasteiger partial charge in [0.25, 0.3) is 5.91 Å². The minimum atomic E-state index is -0.357. The first-order chi connectivity index (χ1) is 10.2. The first-order valence-electron chi connectivity index (χ1n) is 6.40. The van der Waals surface area contributed by atoms with Crippen molar-refractivity contribution in [1.82, 2.24) is 0 Å². The molecule has 2 aromatic rings. The fourth-order valence-corrected chi connectivity index (χ4v) is 1.98. The number of amides is 3. The number of benzene rings is 2. The number of anilines is 3. The van der Waals surface area contributed by atoms with Gasteiger partial charge in [0.2, 0.25) is 0 Å². The maximum Gasteiger partial charge on any atom is 0.323 e. The third kappa shape index (κ3) is 3.11. The molecule has 6 heteroatoms. The van der Waals surface area contributed by atoms with Crippen molar-refractivity contribution in [2.45, 2.75) is 0 Å². The smallest absolute Gasteiger partial charge is 0.323 e. The van der Waals surface area contributed by atoms with E-state index in [1.807, 2.05) is 18.2 Å². The average molecular weight is 283 g/mol. The van der Waals surface area contributed by atoms with Crippen LogP contribution in [0, 0.1) is 0 Å². The Morgan fingerprint density at radius 3 is 2.62 bits per heavy atom. The first kappa shape index (κ1) is 13.0. The summed E-state index contributed by atoms with van der Waals surface area (Å²) in [6.45, 7) is 0.00820. The molecule has 3 rings (SSSR count). The normalized spacial score (nSPS) is 12.7. The predicted octanol–water partition coefficient (Wildman–Crippen LogP) is 2.66. The summed E-state index contributed by atoms with van der Waals surface area (Å²) < 4.78 is 5.25. The lowest BCUT2D eigenvalue weighted by Gasteiger charge is -2.18. The lowest BCUT2D eigenvalue weighted by molar-refractivity contribution is -0.118. The Balaban J connectivity index is 1.69. The third-order valence-corrected chi connectivity index (χ3v) is 2.90. The van der Waals surface area contributed by atoms with E-state index in [1.54, 1.807) is 30.3 Å². The van der Waals surface area contributed by atoms with Gasteiger partial charge in [0, 0.05) is 11.4 Å². The maximum absolute atomic E-state index is 11.9. The number of fused-ring (bicyclic) bond motifs is 1. The summed E-state index contributed by atoms with van der Waals surface area (Å²) in [6.07, 6.45) is 0. The molecule has 0 saturated carbocycles. The van der Waals surface area contributed by atoms with Gasteiger partial charge in [0.1, 0.15) is 5.75 Å². The predicted molar refractivity (Wildman–Crippen MR) is 79.7 cm³/mol. The molecule has 3 N–H and O–H groups in total. The van der Waals surface area contributed by atoms with E-state index in [0.29, 0.717) is 22.8 Å². The summed E-state index contributed by atoms with van der Waals surface area (Å²) in [5.41, 5.74) is 1.81. The molecule has 0 fully saturated rings. The van der Waals surface area contributed by atoms with Gasteiger partial charge in [0.15, 0.2) is 6.61 Å². The fraction of sp³-hybridized carbons (Fsp3) is 0.0667. The fourth-order valence-electron chi connectivity index (χ4n) is 1.98. The van der Waals surface area contributed by atoms with Crippen LogP contribution in [0.15, 0.2) is 48.5 Å². The van der Waals surface area contributed by atoms with Crippen LogP contribution in [0.25, 0.3) is 0 Å². The summed E-state index contributed by atoms with van der Waals surface area (Å²) >= 11 is 0. The number of urea groups is 1. The van der Waals surface area contributed by atoms with Crippen LogP contribution in [0.2, 0.25) is 0 Å². The second-order valence-corrected chi connectivity index (χ2v) is 4.49. The van der Waals surface area contributed by atoms with Crippen molar-refractivity contribution < 1.29 is 14.3 Å². The molecule has 0 radical (unpaired) electrons. The van der Waals surface area contributed by atoms with Gasteiger partial charge in [-0.2, -0.15) is 0 Å². The molecular weight excluding hydrogens is 270 g/mol. The van der Waals surface area contributed by atoms with E-state index in [2.05, 4.69) is 16.0 Å². The van der Waals surface area contributed by atoms with Crippen molar-refractivity contribution in [1.29, 1.82) is 0 Å². The van der Waals surface area contributed by atoms with Gasteiger partial charge >= 0.3 is 6.03 Å². The molecule has 0 aromatic heterocycles.